The van der Waals surface area contributed by atoms with Crippen LogP contribution in [-0.2, 0) is 5.41 Å². The molecule has 2 nitrogen and oxygen atoms in total. The highest BCUT2D eigenvalue weighted by atomic mass is 16.3. The van der Waals surface area contributed by atoms with Crippen LogP contribution >= 0.6 is 0 Å². The third kappa shape index (κ3) is 3.82. The maximum Gasteiger partial charge on any atom is 0.145 e. The van der Waals surface area contributed by atoms with Gasteiger partial charge in [-0.05, 0) is 69.3 Å². The van der Waals surface area contributed by atoms with E-state index in [1.54, 1.807) is 6.07 Å². The molecule has 1 N–H and O–H groups in total. The molecule has 0 radical (unpaired) electrons. The van der Waals surface area contributed by atoms with Gasteiger partial charge < -0.3 is 9.73 Å². The first-order valence-corrected chi connectivity index (χ1v) is 15.0. The summed E-state index contributed by atoms with van der Waals surface area (Å²) in [5.41, 5.74) is 10.1. The minimum absolute atomic E-state index is 0.110. The van der Waals surface area contributed by atoms with Gasteiger partial charge in [-0.3, -0.25) is 0 Å². The lowest BCUT2D eigenvalue weighted by molar-refractivity contribution is 0.670. The molecule has 2 heteroatoms. The molecule has 0 saturated heterocycles. The average Bonchev–Trinajstić information content (AvgIpc) is 3.70. The summed E-state index contributed by atoms with van der Waals surface area (Å²) in [5, 5.41) is 5.25. The minimum Gasteiger partial charge on any atom is -0.455 e. The Morgan fingerprint density at radius 3 is 1.89 bits per heavy atom. The van der Waals surface area contributed by atoms with Crippen LogP contribution in [0.15, 0.2) is 174 Å². The molecule has 0 spiro atoms. The van der Waals surface area contributed by atoms with Crippen LogP contribution in [0.3, 0.4) is 0 Å². The molecule has 1 aromatic heterocycles. The molecule has 45 heavy (non-hydrogen) atoms. The van der Waals surface area contributed by atoms with Crippen molar-refractivity contribution in [2.24, 2.45) is 0 Å². The lowest BCUT2D eigenvalue weighted by Gasteiger charge is -2.34. The Morgan fingerprint density at radius 2 is 1.16 bits per heavy atom. The van der Waals surface area contributed by atoms with E-state index in [-0.39, 0.29) is 29.7 Å². The smallest absolute Gasteiger partial charge is 0.145 e. The number of nitrogens with one attached hydrogen (secondary N) is 1. The van der Waals surface area contributed by atoms with Crippen LogP contribution in [0.1, 0.15) is 29.1 Å². The lowest BCUT2D eigenvalue weighted by Crippen LogP contribution is -2.28. The van der Waals surface area contributed by atoms with Crippen LogP contribution < -0.4 is 5.32 Å². The van der Waals surface area contributed by atoms with Gasteiger partial charge in [0, 0.05) is 16.6 Å². The average molecular weight is 581 g/mol. The van der Waals surface area contributed by atoms with E-state index in [1.807, 2.05) is 30.3 Å². The molecule has 1 aliphatic carbocycles. The van der Waals surface area contributed by atoms with Crippen molar-refractivity contribution in [3.63, 3.8) is 0 Å². The van der Waals surface area contributed by atoms with Crippen LogP contribution in [0, 0.1) is 0 Å². The molecule has 8 aromatic rings. The summed E-state index contributed by atoms with van der Waals surface area (Å²) in [4.78, 5) is 0. The molecule has 0 aliphatic heterocycles. The fourth-order valence-corrected chi connectivity index (χ4v) is 7.18. The van der Waals surface area contributed by atoms with Crippen molar-refractivity contribution in [3.05, 3.63) is 192 Å². The van der Waals surface area contributed by atoms with E-state index >= 15 is 0 Å². The summed E-state index contributed by atoms with van der Waals surface area (Å²) < 4.78 is 48.3. The second kappa shape index (κ2) is 10.1. The van der Waals surface area contributed by atoms with Gasteiger partial charge in [0.25, 0.3) is 0 Å². The summed E-state index contributed by atoms with van der Waals surface area (Å²) in [7, 11) is 0. The molecule has 7 aromatic carbocycles. The second-order valence-corrected chi connectivity index (χ2v) is 11.4. The van der Waals surface area contributed by atoms with Gasteiger partial charge in [-0.25, -0.2) is 0 Å². The molecular formula is C43H29NO. The largest absolute Gasteiger partial charge is 0.455 e. The molecule has 0 fully saturated rings. The predicted octanol–water partition coefficient (Wildman–Crippen LogP) is 11.4. The van der Waals surface area contributed by atoms with E-state index in [9.17, 15) is 0 Å². The van der Waals surface area contributed by atoms with Gasteiger partial charge in [0.05, 0.1) is 23.3 Å². The number of fused-ring (bicyclic) bond motifs is 6. The minimum atomic E-state index is -0.493. The maximum atomic E-state index is 8.65. The van der Waals surface area contributed by atoms with Gasteiger partial charge in [0.2, 0.25) is 0 Å². The molecule has 0 amide bonds. The van der Waals surface area contributed by atoms with Gasteiger partial charge in [-0.1, -0.05) is 139 Å². The van der Waals surface area contributed by atoms with E-state index in [2.05, 4.69) is 108 Å². The Morgan fingerprint density at radius 1 is 0.533 bits per heavy atom. The normalized spacial score (nSPS) is 14.6. The standard InChI is InChI=1S/C43H29NO/c1-3-13-29(14-4-1)33-27-28-39(41-36-19-9-12-22-40(36)45-42(33)41)44-32-25-23-31(24-26-32)43(30-15-5-2-6-16-30)37-20-10-7-17-34(37)35-18-8-11-21-38(35)43/h1-28,44H/i1D,3D,4D,13D,14D. The van der Waals surface area contributed by atoms with Gasteiger partial charge in [-0.2, -0.15) is 0 Å². The summed E-state index contributed by atoms with van der Waals surface area (Å²) in [6, 6.07) is 46.2. The first-order valence-electron chi connectivity index (χ1n) is 17.5. The molecule has 0 saturated carbocycles. The van der Waals surface area contributed by atoms with Crippen molar-refractivity contribution in [2.45, 2.75) is 5.41 Å². The number of furan rings is 1. The maximum absolute atomic E-state index is 8.65. The predicted molar refractivity (Wildman–Crippen MR) is 186 cm³/mol. The third-order valence-corrected chi connectivity index (χ3v) is 9.05. The van der Waals surface area contributed by atoms with Crippen molar-refractivity contribution in [1.29, 1.82) is 0 Å². The van der Waals surface area contributed by atoms with Crippen molar-refractivity contribution in [3.8, 4) is 22.3 Å². The van der Waals surface area contributed by atoms with Crippen LogP contribution in [0.2, 0.25) is 0 Å². The fourth-order valence-electron chi connectivity index (χ4n) is 7.18. The first kappa shape index (κ1) is 20.9. The van der Waals surface area contributed by atoms with Crippen molar-refractivity contribution in [2.75, 3.05) is 5.32 Å². The number of hydrogen-bond acceptors (Lipinski definition) is 2. The van der Waals surface area contributed by atoms with Crippen molar-refractivity contribution >= 4 is 33.3 Å². The highest BCUT2D eigenvalue weighted by molar-refractivity contribution is 6.16. The zero-order valence-corrected chi connectivity index (χ0v) is 24.2. The van der Waals surface area contributed by atoms with Crippen LogP contribution in [0.5, 0.6) is 0 Å². The number of hydrogen-bond donors (Lipinski definition) is 1. The van der Waals surface area contributed by atoms with E-state index < -0.39 is 11.5 Å². The summed E-state index contributed by atoms with van der Waals surface area (Å²) in [6.07, 6.45) is 0. The highest BCUT2D eigenvalue weighted by Crippen LogP contribution is 2.56. The van der Waals surface area contributed by atoms with Crippen molar-refractivity contribution in [1.82, 2.24) is 0 Å². The third-order valence-electron chi connectivity index (χ3n) is 9.05. The van der Waals surface area contributed by atoms with Crippen molar-refractivity contribution < 1.29 is 11.3 Å². The van der Waals surface area contributed by atoms with Gasteiger partial charge in [0.15, 0.2) is 0 Å². The van der Waals surface area contributed by atoms with E-state index in [0.29, 0.717) is 16.7 Å². The Bertz CT molecular complexity index is 2550. The lowest BCUT2D eigenvalue weighted by atomic mass is 9.68. The van der Waals surface area contributed by atoms with Crippen LogP contribution in [0.4, 0.5) is 11.4 Å². The Hall–Kier alpha value is -5.86. The second-order valence-electron chi connectivity index (χ2n) is 11.4. The Labute approximate surface area is 269 Å². The summed E-state index contributed by atoms with van der Waals surface area (Å²) in [6.45, 7) is 0. The quantitative estimate of drug-likeness (QED) is 0.219. The molecule has 0 atom stereocenters. The molecule has 1 heterocycles. The molecule has 0 bridgehead atoms. The van der Waals surface area contributed by atoms with Gasteiger partial charge in [-0.15, -0.1) is 0 Å². The topological polar surface area (TPSA) is 25.2 Å². The zero-order chi connectivity index (χ0) is 34.1. The summed E-state index contributed by atoms with van der Waals surface area (Å²) in [5.74, 6) is 0. The molecule has 1 aliphatic rings. The molecule has 9 rings (SSSR count). The molecular weight excluding hydrogens is 546 g/mol. The van der Waals surface area contributed by atoms with Gasteiger partial charge >= 0.3 is 0 Å². The Kier molecular flexibility index (Phi) is 4.70. The molecule has 0 unspecified atom stereocenters. The number of rotatable bonds is 5. The summed E-state index contributed by atoms with van der Waals surface area (Å²) >= 11 is 0. The Balaban J connectivity index is 1.19. The molecule has 212 valence electrons. The van der Waals surface area contributed by atoms with E-state index in [0.717, 1.165) is 27.7 Å². The number of anilines is 2. The van der Waals surface area contributed by atoms with E-state index in [1.165, 1.54) is 27.8 Å². The van der Waals surface area contributed by atoms with E-state index in [4.69, 9.17) is 11.3 Å². The van der Waals surface area contributed by atoms with Crippen LogP contribution in [-0.4, -0.2) is 0 Å². The van der Waals surface area contributed by atoms with Gasteiger partial charge in [0.1, 0.15) is 11.2 Å². The SMILES string of the molecule is [2H]c1c([2H])c([2H])c(-c2ccc(Nc3ccc(C4(c5ccccc5)c5ccccc5-c5ccccc54)cc3)c3c2oc2ccccc23)c([2H])c1[2H]. The first-order chi connectivity index (χ1) is 24.4. The zero-order valence-electron chi connectivity index (χ0n) is 29.2. The monoisotopic (exact) mass is 580 g/mol. The number of para-hydroxylation sites is 1. The van der Waals surface area contributed by atoms with Crippen LogP contribution in [0.25, 0.3) is 44.2 Å². The fraction of sp³-hybridized carbons (Fsp3) is 0.0233. The highest BCUT2D eigenvalue weighted by Gasteiger charge is 2.45. The number of benzene rings is 7.